The second-order valence-electron chi connectivity index (χ2n) is 4.27. The standard InChI is InChI=1S/C14H13ClF2N2/c1-2-3-4-9-7-18-14(19-8-9)10-5-11(16)13(15)12(17)6-10/h5-8H,2-4H2,1H3. The molecule has 19 heavy (non-hydrogen) atoms. The maximum Gasteiger partial charge on any atom is 0.159 e. The molecule has 0 radical (unpaired) electrons. The van der Waals surface area contributed by atoms with Gasteiger partial charge in [-0.2, -0.15) is 0 Å². The van der Waals surface area contributed by atoms with Crippen LogP contribution in [0.25, 0.3) is 11.4 Å². The number of rotatable bonds is 4. The Morgan fingerprint density at radius 2 is 1.68 bits per heavy atom. The van der Waals surface area contributed by atoms with Crippen molar-refractivity contribution in [1.29, 1.82) is 0 Å². The van der Waals surface area contributed by atoms with Gasteiger partial charge in [-0.05, 0) is 30.5 Å². The molecule has 5 heteroatoms. The predicted octanol–water partition coefficient (Wildman–Crippen LogP) is 4.42. The maximum absolute atomic E-state index is 13.3. The molecule has 0 fully saturated rings. The van der Waals surface area contributed by atoms with Crippen LogP contribution in [0, 0.1) is 11.6 Å². The molecule has 0 atom stereocenters. The zero-order valence-electron chi connectivity index (χ0n) is 10.5. The van der Waals surface area contributed by atoms with Crippen molar-refractivity contribution in [2.24, 2.45) is 0 Å². The first-order valence-corrected chi connectivity index (χ1v) is 6.45. The topological polar surface area (TPSA) is 25.8 Å². The monoisotopic (exact) mass is 282 g/mol. The lowest BCUT2D eigenvalue weighted by atomic mass is 10.1. The summed E-state index contributed by atoms with van der Waals surface area (Å²) in [6.07, 6.45) is 6.42. The second kappa shape index (κ2) is 6.06. The molecule has 1 heterocycles. The first-order chi connectivity index (χ1) is 9.11. The van der Waals surface area contributed by atoms with Gasteiger partial charge in [0.1, 0.15) is 16.7 Å². The fourth-order valence-electron chi connectivity index (χ4n) is 1.70. The molecule has 2 rings (SSSR count). The number of nitrogens with zero attached hydrogens (tertiary/aromatic N) is 2. The SMILES string of the molecule is CCCCc1cnc(-c2cc(F)c(Cl)c(F)c2)nc1. The van der Waals surface area contributed by atoms with E-state index in [9.17, 15) is 8.78 Å². The molecular formula is C14H13ClF2N2. The third-order valence-electron chi connectivity index (χ3n) is 2.77. The Hall–Kier alpha value is -1.55. The fourth-order valence-corrected chi connectivity index (χ4v) is 1.81. The lowest BCUT2D eigenvalue weighted by Crippen LogP contribution is -1.95. The molecule has 100 valence electrons. The summed E-state index contributed by atoms with van der Waals surface area (Å²) < 4.78 is 26.7. The fraction of sp³-hybridized carbons (Fsp3) is 0.286. The van der Waals surface area contributed by atoms with Crippen LogP contribution in [0.15, 0.2) is 24.5 Å². The number of aromatic nitrogens is 2. The van der Waals surface area contributed by atoms with Crippen molar-refractivity contribution in [3.63, 3.8) is 0 Å². The summed E-state index contributed by atoms with van der Waals surface area (Å²) in [6.45, 7) is 2.11. The Kier molecular flexibility index (Phi) is 4.43. The van der Waals surface area contributed by atoms with Crippen molar-refractivity contribution < 1.29 is 8.78 Å². The second-order valence-corrected chi connectivity index (χ2v) is 4.65. The van der Waals surface area contributed by atoms with Crippen LogP contribution in [0.2, 0.25) is 5.02 Å². The van der Waals surface area contributed by atoms with Gasteiger partial charge in [-0.15, -0.1) is 0 Å². The van der Waals surface area contributed by atoms with Crippen LogP contribution in [-0.2, 0) is 6.42 Å². The highest BCUT2D eigenvalue weighted by molar-refractivity contribution is 6.30. The molecule has 2 nitrogen and oxygen atoms in total. The lowest BCUT2D eigenvalue weighted by molar-refractivity contribution is 0.584. The highest BCUT2D eigenvalue weighted by Gasteiger charge is 2.11. The van der Waals surface area contributed by atoms with Crippen LogP contribution in [0.4, 0.5) is 8.78 Å². The molecule has 0 aliphatic carbocycles. The zero-order valence-corrected chi connectivity index (χ0v) is 11.2. The molecule has 0 N–H and O–H groups in total. The predicted molar refractivity (Wildman–Crippen MR) is 71.0 cm³/mol. The molecule has 0 aliphatic heterocycles. The van der Waals surface area contributed by atoms with Crippen molar-refractivity contribution in [3.05, 3.63) is 46.7 Å². The smallest absolute Gasteiger partial charge is 0.159 e. The first-order valence-electron chi connectivity index (χ1n) is 6.07. The summed E-state index contributed by atoms with van der Waals surface area (Å²) in [6, 6.07) is 2.26. The van der Waals surface area contributed by atoms with Crippen LogP contribution >= 0.6 is 11.6 Å². The molecule has 0 amide bonds. The molecule has 0 saturated carbocycles. The quantitative estimate of drug-likeness (QED) is 0.776. The number of hydrogen-bond donors (Lipinski definition) is 0. The Labute approximate surface area is 115 Å². The molecular weight excluding hydrogens is 270 g/mol. The van der Waals surface area contributed by atoms with E-state index in [0.29, 0.717) is 0 Å². The van der Waals surface area contributed by atoms with Crippen molar-refractivity contribution in [2.45, 2.75) is 26.2 Å². The minimum atomic E-state index is -0.810. The summed E-state index contributed by atoms with van der Waals surface area (Å²) in [5.41, 5.74) is 1.29. The van der Waals surface area contributed by atoms with Crippen LogP contribution in [-0.4, -0.2) is 9.97 Å². The summed E-state index contributed by atoms with van der Waals surface area (Å²) in [7, 11) is 0. The Balaban J connectivity index is 2.27. The molecule has 0 unspecified atom stereocenters. The van der Waals surface area contributed by atoms with E-state index < -0.39 is 16.7 Å². The van der Waals surface area contributed by atoms with Gasteiger partial charge in [0.15, 0.2) is 5.82 Å². The minimum absolute atomic E-state index is 0.279. The van der Waals surface area contributed by atoms with E-state index in [1.54, 1.807) is 12.4 Å². The van der Waals surface area contributed by atoms with E-state index in [-0.39, 0.29) is 11.4 Å². The van der Waals surface area contributed by atoms with Gasteiger partial charge < -0.3 is 0 Å². The molecule has 0 spiro atoms. The number of aryl methyl sites for hydroxylation is 1. The average molecular weight is 283 g/mol. The number of benzene rings is 1. The normalized spacial score (nSPS) is 10.7. The third-order valence-corrected chi connectivity index (χ3v) is 3.13. The molecule has 2 aromatic rings. The highest BCUT2D eigenvalue weighted by atomic mass is 35.5. The molecule has 1 aromatic heterocycles. The van der Waals surface area contributed by atoms with Crippen LogP contribution in [0.3, 0.4) is 0 Å². The van der Waals surface area contributed by atoms with Gasteiger partial charge in [0.25, 0.3) is 0 Å². The molecule has 0 saturated heterocycles. The number of halogens is 3. The minimum Gasteiger partial charge on any atom is -0.236 e. The van der Waals surface area contributed by atoms with E-state index in [2.05, 4.69) is 16.9 Å². The van der Waals surface area contributed by atoms with Crippen molar-refractivity contribution >= 4 is 11.6 Å². The van der Waals surface area contributed by atoms with Crippen LogP contribution in [0.1, 0.15) is 25.3 Å². The van der Waals surface area contributed by atoms with Crippen LogP contribution < -0.4 is 0 Å². The summed E-state index contributed by atoms with van der Waals surface area (Å²) in [5, 5.41) is -0.511. The van der Waals surface area contributed by atoms with Gasteiger partial charge in [-0.3, -0.25) is 0 Å². The van der Waals surface area contributed by atoms with Gasteiger partial charge in [-0.1, -0.05) is 24.9 Å². The van der Waals surface area contributed by atoms with Crippen molar-refractivity contribution in [1.82, 2.24) is 9.97 Å². The van der Waals surface area contributed by atoms with E-state index in [0.717, 1.165) is 37.0 Å². The van der Waals surface area contributed by atoms with Crippen molar-refractivity contribution in [3.8, 4) is 11.4 Å². The van der Waals surface area contributed by atoms with Crippen molar-refractivity contribution in [2.75, 3.05) is 0 Å². The average Bonchev–Trinajstić information content (AvgIpc) is 2.42. The van der Waals surface area contributed by atoms with Gasteiger partial charge in [0, 0.05) is 18.0 Å². The third kappa shape index (κ3) is 3.26. The summed E-state index contributed by atoms with van der Waals surface area (Å²) >= 11 is 5.43. The first kappa shape index (κ1) is 13.9. The van der Waals surface area contributed by atoms with Gasteiger partial charge in [0.2, 0.25) is 0 Å². The number of unbranched alkanes of at least 4 members (excludes halogenated alkanes) is 1. The summed E-state index contributed by atoms with van der Waals surface area (Å²) in [4.78, 5) is 8.25. The molecule has 1 aromatic carbocycles. The zero-order chi connectivity index (χ0) is 13.8. The Bertz CT molecular complexity index is 547. The highest BCUT2D eigenvalue weighted by Crippen LogP contribution is 2.25. The largest absolute Gasteiger partial charge is 0.236 e. The summed E-state index contributed by atoms with van der Waals surface area (Å²) in [5.74, 6) is -1.33. The van der Waals surface area contributed by atoms with E-state index in [4.69, 9.17) is 11.6 Å². The van der Waals surface area contributed by atoms with Gasteiger partial charge in [-0.25, -0.2) is 18.7 Å². The molecule has 0 aliphatic rings. The molecule has 0 bridgehead atoms. The van der Waals surface area contributed by atoms with E-state index in [1.165, 1.54) is 0 Å². The van der Waals surface area contributed by atoms with E-state index >= 15 is 0 Å². The Morgan fingerprint density at radius 3 is 2.21 bits per heavy atom. The van der Waals surface area contributed by atoms with Gasteiger partial charge in [0.05, 0.1) is 0 Å². The Morgan fingerprint density at radius 1 is 1.11 bits per heavy atom. The number of hydrogen-bond acceptors (Lipinski definition) is 2. The van der Waals surface area contributed by atoms with E-state index in [1.807, 2.05) is 0 Å². The van der Waals surface area contributed by atoms with Gasteiger partial charge >= 0.3 is 0 Å². The maximum atomic E-state index is 13.3. The van der Waals surface area contributed by atoms with Crippen LogP contribution in [0.5, 0.6) is 0 Å². The lowest BCUT2D eigenvalue weighted by Gasteiger charge is -2.04.